The second-order valence-corrected chi connectivity index (χ2v) is 4.29. The zero-order chi connectivity index (χ0) is 10.7. The van der Waals surface area contributed by atoms with Crippen LogP contribution in [0.1, 0.15) is 24.3 Å². The molecule has 0 amide bonds. The molecule has 1 aliphatic heterocycles. The van der Waals surface area contributed by atoms with E-state index in [0.717, 1.165) is 31.7 Å². The SMILES string of the molecule is COc1c(Cl)cccc1C1CCNCC1. The summed E-state index contributed by atoms with van der Waals surface area (Å²) in [5.74, 6) is 1.44. The Bertz CT molecular complexity index is 334. The highest BCUT2D eigenvalue weighted by Crippen LogP contribution is 2.36. The van der Waals surface area contributed by atoms with Crippen LogP contribution >= 0.6 is 11.6 Å². The summed E-state index contributed by atoms with van der Waals surface area (Å²) in [6.07, 6.45) is 2.33. The van der Waals surface area contributed by atoms with Crippen molar-refractivity contribution in [3.05, 3.63) is 28.8 Å². The summed E-state index contributed by atoms with van der Waals surface area (Å²) in [5, 5.41) is 4.08. The molecule has 1 N–H and O–H groups in total. The molecule has 0 bridgehead atoms. The van der Waals surface area contributed by atoms with Crippen LogP contribution < -0.4 is 10.1 Å². The number of ether oxygens (including phenoxy) is 1. The predicted molar refractivity (Wildman–Crippen MR) is 62.8 cm³/mol. The van der Waals surface area contributed by atoms with E-state index >= 15 is 0 Å². The third kappa shape index (κ3) is 2.27. The van der Waals surface area contributed by atoms with Crippen LogP contribution in [0.3, 0.4) is 0 Å². The Morgan fingerprint density at radius 3 is 2.73 bits per heavy atom. The first-order valence-corrected chi connectivity index (χ1v) is 5.74. The Kier molecular flexibility index (Phi) is 3.49. The number of rotatable bonds is 2. The van der Waals surface area contributed by atoms with Gasteiger partial charge in [0.2, 0.25) is 0 Å². The lowest BCUT2D eigenvalue weighted by atomic mass is 9.89. The Hall–Kier alpha value is -0.730. The summed E-state index contributed by atoms with van der Waals surface area (Å²) in [4.78, 5) is 0. The first-order chi connectivity index (χ1) is 7.33. The fourth-order valence-corrected chi connectivity index (χ4v) is 2.45. The lowest BCUT2D eigenvalue weighted by Crippen LogP contribution is -2.26. The Morgan fingerprint density at radius 2 is 2.07 bits per heavy atom. The summed E-state index contributed by atoms with van der Waals surface area (Å²) in [6, 6.07) is 6.01. The van der Waals surface area contributed by atoms with E-state index in [0.29, 0.717) is 10.9 Å². The molecule has 2 nitrogen and oxygen atoms in total. The second-order valence-electron chi connectivity index (χ2n) is 3.89. The van der Waals surface area contributed by atoms with Crippen molar-refractivity contribution in [2.75, 3.05) is 20.2 Å². The average Bonchev–Trinajstić information content (AvgIpc) is 2.30. The minimum absolute atomic E-state index is 0.583. The smallest absolute Gasteiger partial charge is 0.140 e. The van der Waals surface area contributed by atoms with Crippen molar-refractivity contribution in [1.82, 2.24) is 5.32 Å². The van der Waals surface area contributed by atoms with Gasteiger partial charge in [0.25, 0.3) is 0 Å². The summed E-state index contributed by atoms with van der Waals surface area (Å²) in [7, 11) is 1.69. The van der Waals surface area contributed by atoms with Crippen molar-refractivity contribution in [1.29, 1.82) is 0 Å². The zero-order valence-electron chi connectivity index (χ0n) is 8.92. The first kappa shape index (κ1) is 10.8. The molecule has 0 spiro atoms. The fourth-order valence-electron chi connectivity index (χ4n) is 2.20. The zero-order valence-corrected chi connectivity index (χ0v) is 9.68. The minimum atomic E-state index is 0.583. The topological polar surface area (TPSA) is 21.3 Å². The highest BCUT2D eigenvalue weighted by molar-refractivity contribution is 6.32. The minimum Gasteiger partial charge on any atom is -0.495 e. The van der Waals surface area contributed by atoms with Crippen molar-refractivity contribution < 1.29 is 4.74 Å². The van der Waals surface area contributed by atoms with E-state index in [9.17, 15) is 0 Å². The molecule has 1 fully saturated rings. The summed E-state index contributed by atoms with van der Waals surface area (Å²) < 4.78 is 5.38. The van der Waals surface area contributed by atoms with Crippen LogP contribution in [0.4, 0.5) is 0 Å². The molecule has 1 heterocycles. The molecule has 0 aromatic heterocycles. The van der Waals surface area contributed by atoms with Crippen molar-refractivity contribution in [2.45, 2.75) is 18.8 Å². The van der Waals surface area contributed by atoms with E-state index in [1.54, 1.807) is 7.11 Å². The van der Waals surface area contributed by atoms with Gasteiger partial charge in [0.05, 0.1) is 12.1 Å². The molecule has 1 aliphatic rings. The van der Waals surface area contributed by atoms with Crippen LogP contribution in [-0.4, -0.2) is 20.2 Å². The van der Waals surface area contributed by atoms with Crippen LogP contribution in [0.5, 0.6) is 5.75 Å². The average molecular weight is 226 g/mol. The van der Waals surface area contributed by atoms with Gasteiger partial charge in [-0.05, 0) is 43.5 Å². The molecule has 82 valence electrons. The van der Waals surface area contributed by atoms with Crippen molar-refractivity contribution in [2.24, 2.45) is 0 Å². The van der Waals surface area contributed by atoms with Crippen LogP contribution in [0, 0.1) is 0 Å². The van der Waals surface area contributed by atoms with Crippen molar-refractivity contribution in [3.8, 4) is 5.75 Å². The molecule has 2 rings (SSSR count). The standard InChI is InChI=1S/C12H16ClNO/c1-15-12-10(3-2-4-11(12)13)9-5-7-14-8-6-9/h2-4,9,14H,5-8H2,1H3. The maximum Gasteiger partial charge on any atom is 0.140 e. The molecule has 0 saturated carbocycles. The number of piperidine rings is 1. The van der Waals surface area contributed by atoms with Gasteiger partial charge in [-0.2, -0.15) is 0 Å². The number of hydrogen-bond donors (Lipinski definition) is 1. The summed E-state index contributed by atoms with van der Waals surface area (Å²) in [5.41, 5.74) is 1.26. The van der Waals surface area contributed by atoms with E-state index in [-0.39, 0.29) is 0 Å². The van der Waals surface area contributed by atoms with Gasteiger partial charge in [-0.3, -0.25) is 0 Å². The van der Waals surface area contributed by atoms with Gasteiger partial charge in [-0.1, -0.05) is 23.7 Å². The lowest BCUT2D eigenvalue weighted by Gasteiger charge is -2.24. The highest BCUT2D eigenvalue weighted by atomic mass is 35.5. The van der Waals surface area contributed by atoms with Crippen LogP contribution in [0.15, 0.2) is 18.2 Å². The number of methoxy groups -OCH3 is 1. The molecule has 1 aromatic carbocycles. The molecule has 0 aliphatic carbocycles. The third-order valence-corrected chi connectivity index (χ3v) is 3.28. The van der Waals surface area contributed by atoms with Gasteiger partial charge in [0.15, 0.2) is 0 Å². The summed E-state index contributed by atoms with van der Waals surface area (Å²) >= 11 is 6.11. The van der Waals surface area contributed by atoms with Gasteiger partial charge in [0.1, 0.15) is 5.75 Å². The second kappa shape index (κ2) is 4.86. The lowest BCUT2D eigenvalue weighted by molar-refractivity contribution is 0.392. The molecule has 3 heteroatoms. The first-order valence-electron chi connectivity index (χ1n) is 5.36. The fraction of sp³-hybridized carbons (Fsp3) is 0.500. The molecule has 0 unspecified atom stereocenters. The Labute approximate surface area is 95.6 Å². The number of halogens is 1. The molecule has 1 aromatic rings. The van der Waals surface area contributed by atoms with E-state index in [2.05, 4.69) is 11.4 Å². The molecular formula is C12H16ClNO. The van der Waals surface area contributed by atoms with E-state index in [1.807, 2.05) is 12.1 Å². The number of para-hydroxylation sites is 1. The van der Waals surface area contributed by atoms with E-state index in [1.165, 1.54) is 5.56 Å². The van der Waals surface area contributed by atoms with E-state index < -0.39 is 0 Å². The van der Waals surface area contributed by atoms with Gasteiger partial charge in [-0.15, -0.1) is 0 Å². The van der Waals surface area contributed by atoms with Gasteiger partial charge in [-0.25, -0.2) is 0 Å². The predicted octanol–water partition coefficient (Wildman–Crippen LogP) is 2.82. The maximum atomic E-state index is 6.11. The van der Waals surface area contributed by atoms with Gasteiger partial charge < -0.3 is 10.1 Å². The monoisotopic (exact) mass is 225 g/mol. The molecular weight excluding hydrogens is 210 g/mol. The maximum absolute atomic E-state index is 6.11. The highest BCUT2D eigenvalue weighted by Gasteiger charge is 2.19. The Morgan fingerprint density at radius 1 is 1.33 bits per heavy atom. The number of benzene rings is 1. The number of nitrogens with one attached hydrogen (secondary N) is 1. The van der Waals surface area contributed by atoms with Crippen LogP contribution in [-0.2, 0) is 0 Å². The Balaban J connectivity index is 2.29. The quantitative estimate of drug-likeness (QED) is 0.836. The molecule has 1 saturated heterocycles. The van der Waals surface area contributed by atoms with Crippen LogP contribution in [0.25, 0.3) is 0 Å². The normalized spacial score (nSPS) is 17.7. The van der Waals surface area contributed by atoms with Crippen molar-refractivity contribution in [3.63, 3.8) is 0 Å². The van der Waals surface area contributed by atoms with Gasteiger partial charge >= 0.3 is 0 Å². The largest absolute Gasteiger partial charge is 0.495 e. The van der Waals surface area contributed by atoms with E-state index in [4.69, 9.17) is 16.3 Å². The van der Waals surface area contributed by atoms with Gasteiger partial charge in [0, 0.05) is 0 Å². The number of hydrogen-bond acceptors (Lipinski definition) is 2. The van der Waals surface area contributed by atoms with Crippen molar-refractivity contribution >= 4 is 11.6 Å². The molecule has 0 radical (unpaired) electrons. The van der Waals surface area contributed by atoms with Crippen LogP contribution in [0.2, 0.25) is 5.02 Å². The molecule has 15 heavy (non-hydrogen) atoms. The molecule has 0 atom stereocenters. The summed E-state index contributed by atoms with van der Waals surface area (Å²) in [6.45, 7) is 2.17. The third-order valence-electron chi connectivity index (χ3n) is 2.98.